The maximum absolute atomic E-state index is 12.9. The van der Waals surface area contributed by atoms with Crippen molar-refractivity contribution in [2.75, 3.05) is 6.54 Å². The van der Waals surface area contributed by atoms with Gasteiger partial charge in [0.2, 0.25) is 0 Å². The Morgan fingerprint density at radius 2 is 2.21 bits per heavy atom. The molecule has 1 aliphatic rings. The van der Waals surface area contributed by atoms with Gasteiger partial charge in [-0.3, -0.25) is 4.79 Å². The van der Waals surface area contributed by atoms with E-state index in [2.05, 4.69) is 5.32 Å². The van der Waals surface area contributed by atoms with E-state index in [1.165, 1.54) is 12.1 Å². The highest BCUT2D eigenvalue weighted by Gasteiger charge is 2.28. The summed E-state index contributed by atoms with van der Waals surface area (Å²) in [7, 11) is 0. The van der Waals surface area contributed by atoms with Crippen molar-refractivity contribution in [2.45, 2.75) is 25.3 Å². The molecule has 1 fully saturated rings. The number of hydrogen-bond acceptors (Lipinski definition) is 2. The summed E-state index contributed by atoms with van der Waals surface area (Å²) in [5.74, 6) is -0.379. The Bertz CT molecular complexity index is 456. The van der Waals surface area contributed by atoms with Crippen molar-refractivity contribution < 1.29 is 9.18 Å². The molecule has 3 N–H and O–H groups in total. The van der Waals surface area contributed by atoms with E-state index >= 15 is 0 Å². The van der Waals surface area contributed by atoms with Gasteiger partial charge in [0.25, 0.3) is 5.91 Å². The molecule has 1 saturated carbocycles. The van der Waals surface area contributed by atoms with Crippen LogP contribution in [0, 0.1) is 11.7 Å². The minimum absolute atomic E-state index is 0. The minimum atomic E-state index is -0.447. The summed E-state index contributed by atoms with van der Waals surface area (Å²) in [4.78, 5) is 12.0. The lowest BCUT2D eigenvalue weighted by molar-refractivity contribution is 0.0929. The van der Waals surface area contributed by atoms with Gasteiger partial charge in [-0.25, -0.2) is 4.39 Å². The zero-order valence-corrected chi connectivity index (χ0v) is 11.9. The van der Waals surface area contributed by atoms with Gasteiger partial charge in [0.15, 0.2) is 0 Å². The molecule has 0 saturated heterocycles. The molecule has 1 aromatic carbocycles. The van der Waals surface area contributed by atoms with Crippen LogP contribution >= 0.6 is 24.0 Å². The van der Waals surface area contributed by atoms with Gasteiger partial charge in [0, 0.05) is 6.04 Å². The topological polar surface area (TPSA) is 55.1 Å². The van der Waals surface area contributed by atoms with E-state index in [9.17, 15) is 9.18 Å². The van der Waals surface area contributed by atoms with Gasteiger partial charge < -0.3 is 11.1 Å². The van der Waals surface area contributed by atoms with Crippen molar-refractivity contribution in [3.63, 3.8) is 0 Å². The molecule has 0 heterocycles. The average Bonchev–Trinajstić information content (AvgIpc) is 2.76. The van der Waals surface area contributed by atoms with Crippen LogP contribution in [0.3, 0.4) is 0 Å². The number of rotatable bonds is 3. The second kappa shape index (κ2) is 7.08. The zero-order valence-electron chi connectivity index (χ0n) is 10.4. The lowest BCUT2D eigenvalue weighted by atomic mass is 10.0. The third kappa shape index (κ3) is 3.81. The van der Waals surface area contributed by atoms with Gasteiger partial charge in [0.05, 0.1) is 10.6 Å². The first-order valence-electron chi connectivity index (χ1n) is 6.08. The molecule has 1 aliphatic carbocycles. The number of hydrogen-bond donors (Lipinski definition) is 2. The third-order valence-corrected chi connectivity index (χ3v) is 3.77. The van der Waals surface area contributed by atoms with Gasteiger partial charge in [0.1, 0.15) is 5.82 Å². The van der Waals surface area contributed by atoms with Crippen molar-refractivity contribution in [1.29, 1.82) is 0 Å². The van der Waals surface area contributed by atoms with E-state index in [1.807, 2.05) is 0 Å². The van der Waals surface area contributed by atoms with E-state index < -0.39 is 5.82 Å². The first-order valence-corrected chi connectivity index (χ1v) is 6.45. The van der Waals surface area contributed by atoms with Gasteiger partial charge in [-0.05, 0) is 43.5 Å². The highest BCUT2D eigenvalue weighted by molar-refractivity contribution is 6.33. The summed E-state index contributed by atoms with van der Waals surface area (Å²) in [5, 5.41) is 3.06. The predicted molar refractivity (Wildman–Crippen MR) is 76.3 cm³/mol. The standard InChI is InChI=1S/C13H16ClFN2O.ClH/c14-11-6-9(15)4-5-10(11)13(18)17-12-3-1-2-8(12)7-16;/h4-6,8,12H,1-3,7,16H2,(H,17,18);1H. The lowest BCUT2D eigenvalue weighted by Gasteiger charge is -2.19. The van der Waals surface area contributed by atoms with Crippen LogP contribution in [0.15, 0.2) is 18.2 Å². The minimum Gasteiger partial charge on any atom is -0.349 e. The first-order chi connectivity index (χ1) is 8.61. The van der Waals surface area contributed by atoms with E-state index in [0.29, 0.717) is 18.0 Å². The number of halogens is 3. The van der Waals surface area contributed by atoms with Crippen molar-refractivity contribution in [1.82, 2.24) is 5.32 Å². The highest BCUT2D eigenvalue weighted by atomic mass is 35.5. The quantitative estimate of drug-likeness (QED) is 0.902. The molecular formula is C13H17Cl2FN2O. The lowest BCUT2D eigenvalue weighted by Crippen LogP contribution is -2.39. The van der Waals surface area contributed by atoms with Crippen LogP contribution in [0.25, 0.3) is 0 Å². The van der Waals surface area contributed by atoms with Gasteiger partial charge in [-0.1, -0.05) is 18.0 Å². The largest absolute Gasteiger partial charge is 0.349 e. The summed E-state index contributed by atoms with van der Waals surface area (Å²) in [6.45, 7) is 0.572. The zero-order chi connectivity index (χ0) is 13.1. The smallest absolute Gasteiger partial charge is 0.253 e. The van der Waals surface area contributed by atoms with Crippen LogP contribution in [0.1, 0.15) is 29.6 Å². The van der Waals surface area contributed by atoms with E-state index in [-0.39, 0.29) is 29.4 Å². The Labute approximate surface area is 123 Å². The van der Waals surface area contributed by atoms with Crippen LogP contribution in [-0.4, -0.2) is 18.5 Å². The molecule has 2 unspecified atom stereocenters. The van der Waals surface area contributed by atoms with Crippen LogP contribution in [-0.2, 0) is 0 Å². The summed E-state index contributed by atoms with van der Waals surface area (Å²) in [5.41, 5.74) is 5.97. The average molecular weight is 307 g/mol. The Balaban J connectivity index is 0.00000180. The molecule has 106 valence electrons. The van der Waals surface area contributed by atoms with Gasteiger partial charge in [-0.2, -0.15) is 0 Å². The Kier molecular flexibility index (Phi) is 6.04. The number of carbonyl (C=O) groups is 1. The molecule has 6 heteroatoms. The molecule has 19 heavy (non-hydrogen) atoms. The van der Waals surface area contributed by atoms with Gasteiger partial charge >= 0.3 is 0 Å². The number of carbonyl (C=O) groups excluding carboxylic acids is 1. The molecule has 0 spiro atoms. The van der Waals surface area contributed by atoms with Crippen molar-refractivity contribution in [2.24, 2.45) is 11.7 Å². The van der Waals surface area contributed by atoms with Crippen LogP contribution in [0.5, 0.6) is 0 Å². The van der Waals surface area contributed by atoms with E-state index in [1.54, 1.807) is 0 Å². The molecule has 0 radical (unpaired) electrons. The molecule has 0 aromatic heterocycles. The van der Waals surface area contributed by atoms with Crippen molar-refractivity contribution in [3.8, 4) is 0 Å². The fourth-order valence-corrected chi connectivity index (χ4v) is 2.68. The molecule has 0 aliphatic heterocycles. The number of amides is 1. The number of nitrogens with one attached hydrogen (secondary N) is 1. The molecular weight excluding hydrogens is 290 g/mol. The second-order valence-corrected chi connectivity index (χ2v) is 5.04. The molecule has 1 aromatic rings. The Morgan fingerprint density at radius 3 is 2.84 bits per heavy atom. The van der Waals surface area contributed by atoms with Crippen LogP contribution < -0.4 is 11.1 Å². The van der Waals surface area contributed by atoms with Gasteiger partial charge in [-0.15, -0.1) is 12.4 Å². The summed E-state index contributed by atoms with van der Waals surface area (Å²) >= 11 is 5.85. The highest BCUT2D eigenvalue weighted by Crippen LogP contribution is 2.25. The summed E-state index contributed by atoms with van der Waals surface area (Å²) in [6.07, 6.45) is 3.05. The summed E-state index contributed by atoms with van der Waals surface area (Å²) in [6, 6.07) is 3.88. The fraction of sp³-hybridized carbons (Fsp3) is 0.462. The second-order valence-electron chi connectivity index (χ2n) is 4.63. The maximum Gasteiger partial charge on any atom is 0.253 e. The van der Waals surface area contributed by atoms with E-state index in [4.69, 9.17) is 17.3 Å². The molecule has 3 nitrogen and oxygen atoms in total. The predicted octanol–water partition coefficient (Wildman–Crippen LogP) is 2.76. The molecule has 2 rings (SSSR count). The van der Waals surface area contributed by atoms with Crippen LogP contribution in [0.4, 0.5) is 4.39 Å². The Morgan fingerprint density at radius 1 is 1.47 bits per heavy atom. The van der Waals surface area contributed by atoms with E-state index in [0.717, 1.165) is 25.3 Å². The number of nitrogens with two attached hydrogens (primary N) is 1. The normalized spacial score (nSPS) is 21.8. The molecule has 2 atom stereocenters. The van der Waals surface area contributed by atoms with Crippen molar-refractivity contribution in [3.05, 3.63) is 34.6 Å². The van der Waals surface area contributed by atoms with Crippen LogP contribution in [0.2, 0.25) is 5.02 Å². The monoisotopic (exact) mass is 306 g/mol. The fourth-order valence-electron chi connectivity index (χ4n) is 2.43. The number of benzene rings is 1. The SMILES string of the molecule is Cl.NCC1CCCC1NC(=O)c1ccc(F)cc1Cl. The first kappa shape index (κ1) is 16.2. The molecule has 1 amide bonds. The third-order valence-electron chi connectivity index (χ3n) is 3.45. The maximum atomic E-state index is 12.9. The Hall–Kier alpha value is -0.840. The summed E-state index contributed by atoms with van der Waals surface area (Å²) < 4.78 is 12.9. The molecule has 0 bridgehead atoms. The van der Waals surface area contributed by atoms with Crippen molar-refractivity contribution >= 4 is 29.9 Å².